The maximum atomic E-state index is 13.4. The quantitative estimate of drug-likeness (QED) is 0.313. The van der Waals surface area contributed by atoms with Crippen LogP contribution in [0.15, 0.2) is 78.9 Å². The van der Waals surface area contributed by atoms with Gasteiger partial charge >= 0.3 is 0 Å². The number of amides is 3. The maximum Gasteiger partial charge on any atom is 0.298 e. The number of para-hydroxylation sites is 1. The number of carbonyl (C=O) groups is 4. The molecule has 0 saturated heterocycles. The lowest BCUT2D eigenvalue weighted by atomic mass is 9.90. The molecular weight excluding hydrogens is 463 g/mol. The van der Waals surface area contributed by atoms with Gasteiger partial charge in [0.15, 0.2) is 0 Å². The predicted octanol–water partition coefficient (Wildman–Crippen LogP) is 4.29. The van der Waals surface area contributed by atoms with E-state index in [4.69, 9.17) is 4.74 Å². The summed E-state index contributed by atoms with van der Waals surface area (Å²) in [4.78, 5) is 52.2. The Morgan fingerprint density at radius 2 is 1.53 bits per heavy atom. The lowest BCUT2D eigenvalue weighted by Gasteiger charge is -2.28. The Balaban J connectivity index is 1.54. The number of hydrogen-bond acceptors (Lipinski definition) is 5. The molecule has 0 saturated carbocycles. The third-order valence-corrected chi connectivity index (χ3v) is 6.04. The average Bonchev–Trinajstić information content (AvgIpc) is 2.89. The van der Waals surface area contributed by atoms with E-state index in [9.17, 15) is 23.6 Å². The van der Waals surface area contributed by atoms with E-state index in [1.807, 2.05) is 0 Å². The van der Waals surface area contributed by atoms with Crippen molar-refractivity contribution in [2.24, 2.45) is 0 Å². The fourth-order valence-electron chi connectivity index (χ4n) is 4.37. The largest absolute Gasteiger partial charge is 0.428 e. The first kappa shape index (κ1) is 22.9. The van der Waals surface area contributed by atoms with Crippen molar-refractivity contribution in [3.8, 4) is 5.75 Å². The summed E-state index contributed by atoms with van der Waals surface area (Å²) >= 11 is 0. The van der Waals surface area contributed by atoms with Gasteiger partial charge in [0.1, 0.15) is 11.6 Å². The molecule has 0 atom stereocenters. The Hall–Kier alpha value is -4.85. The van der Waals surface area contributed by atoms with Crippen LogP contribution in [0.1, 0.15) is 36.6 Å². The minimum Gasteiger partial charge on any atom is -0.428 e. The van der Waals surface area contributed by atoms with Crippen molar-refractivity contribution >= 4 is 40.7 Å². The third-order valence-electron chi connectivity index (χ3n) is 6.04. The summed E-state index contributed by atoms with van der Waals surface area (Å²) < 4.78 is 18.2. The van der Waals surface area contributed by atoms with E-state index in [-0.39, 0.29) is 52.0 Å². The molecule has 0 radical (unpaired) electrons. The second kappa shape index (κ2) is 9.42. The number of nitrogens with one attached hydrogen (secondary N) is 1. The van der Waals surface area contributed by atoms with Crippen molar-refractivity contribution < 1.29 is 28.3 Å². The zero-order valence-corrected chi connectivity index (χ0v) is 18.9. The molecule has 1 aliphatic heterocycles. The van der Waals surface area contributed by atoms with E-state index in [2.05, 4.69) is 5.32 Å². The highest BCUT2D eigenvalue weighted by Gasteiger charge is 2.36. The highest BCUT2D eigenvalue weighted by molar-refractivity contribution is 6.37. The van der Waals surface area contributed by atoms with Crippen molar-refractivity contribution in [2.45, 2.75) is 6.42 Å². The summed E-state index contributed by atoms with van der Waals surface area (Å²) in [7, 11) is 0. The van der Waals surface area contributed by atoms with Gasteiger partial charge in [0.05, 0.1) is 11.3 Å². The monoisotopic (exact) mass is 482 g/mol. The van der Waals surface area contributed by atoms with Gasteiger partial charge in [0.2, 0.25) is 0 Å². The molecule has 1 N–H and O–H groups in total. The Morgan fingerprint density at radius 1 is 0.861 bits per heavy atom. The van der Waals surface area contributed by atoms with Crippen LogP contribution < -0.4 is 15.0 Å². The summed E-state index contributed by atoms with van der Waals surface area (Å²) in [6.45, 7) is 0.486. The Kier molecular flexibility index (Phi) is 6.00. The SMILES string of the molecule is O=COc1ccc2c3c(ccc(C(=O)NCCc4ccc(F)cc4)c13)C(=O)N(c1ccccc1)C2=O. The van der Waals surface area contributed by atoms with Gasteiger partial charge in [-0.25, -0.2) is 9.29 Å². The summed E-state index contributed by atoms with van der Waals surface area (Å²) in [6.07, 6.45) is 0.466. The van der Waals surface area contributed by atoms with Crippen LogP contribution in [0.2, 0.25) is 0 Å². The standard InChI is InChI=1S/C28H19FN2O5/c29-18-8-6-17(7-9-18)14-15-30-26(33)20-10-11-21-24-22(12-13-23(25(20)24)36-16-32)28(35)31(27(21)34)19-4-2-1-3-5-19/h1-13,16H,14-15H2,(H,30,33). The van der Waals surface area contributed by atoms with E-state index in [0.29, 0.717) is 12.1 Å². The van der Waals surface area contributed by atoms with Gasteiger partial charge in [-0.2, -0.15) is 0 Å². The zero-order valence-electron chi connectivity index (χ0n) is 18.9. The van der Waals surface area contributed by atoms with Gasteiger partial charge in [-0.3, -0.25) is 19.2 Å². The van der Waals surface area contributed by atoms with Gasteiger partial charge in [-0.1, -0.05) is 30.3 Å². The van der Waals surface area contributed by atoms with E-state index >= 15 is 0 Å². The van der Waals surface area contributed by atoms with Gasteiger partial charge in [0.25, 0.3) is 24.2 Å². The molecule has 0 spiro atoms. The molecule has 0 aromatic heterocycles. The van der Waals surface area contributed by atoms with Crippen LogP contribution in [0.5, 0.6) is 5.75 Å². The van der Waals surface area contributed by atoms with Gasteiger partial charge < -0.3 is 10.1 Å². The number of ether oxygens (including phenoxy) is 1. The molecule has 1 aliphatic rings. The minimum absolute atomic E-state index is 0.0584. The Morgan fingerprint density at radius 3 is 2.19 bits per heavy atom. The number of hydrogen-bond donors (Lipinski definition) is 1. The van der Waals surface area contributed by atoms with E-state index < -0.39 is 17.7 Å². The van der Waals surface area contributed by atoms with Crippen molar-refractivity contribution in [3.05, 3.63) is 107 Å². The molecule has 0 fully saturated rings. The molecule has 36 heavy (non-hydrogen) atoms. The average molecular weight is 482 g/mol. The first-order valence-corrected chi connectivity index (χ1v) is 11.2. The van der Waals surface area contributed by atoms with Crippen LogP contribution in [0.25, 0.3) is 10.8 Å². The number of nitrogens with zero attached hydrogens (tertiary/aromatic N) is 1. The van der Waals surface area contributed by atoms with Crippen LogP contribution in [0.4, 0.5) is 10.1 Å². The van der Waals surface area contributed by atoms with E-state index in [0.717, 1.165) is 10.5 Å². The Bertz CT molecular complexity index is 1490. The van der Waals surface area contributed by atoms with E-state index in [1.54, 1.807) is 42.5 Å². The fraction of sp³-hybridized carbons (Fsp3) is 0.0714. The maximum absolute atomic E-state index is 13.4. The summed E-state index contributed by atoms with van der Waals surface area (Å²) in [5.41, 5.74) is 1.84. The highest BCUT2D eigenvalue weighted by Crippen LogP contribution is 2.39. The van der Waals surface area contributed by atoms with Crippen LogP contribution in [-0.4, -0.2) is 30.7 Å². The number of imide groups is 1. The molecule has 4 aromatic carbocycles. The van der Waals surface area contributed by atoms with Crippen molar-refractivity contribution in [3.63, 3.8) is 0 Å². The normalized spacial score (nSPS) is 12.5. The predicted molar refractivity (Wildman–Crippen MR) is 131 cm³/mol. The second-order valence-corrected chi connectivity index (χ2v) is 8.15. The lowest BCUT2D eigenvalue weighted by Crippen LogP contribution is -2.40. The van der Waals surface area contributed by atoms with Gasteiger partial charge in [-0.05, 0) is 60.5 Å². The van der Waals surface area contributed by atoms with E-state index in [1.165, 1.54) is 36.4 Å². The number of anilines is 1. The number of benzene rings is 4. The van der Waals surface area contributed by atoms with Crippen molar-refractivity contribution in [1.82, 2.24) is 5.32 Å². The molecule has 178 valence electrons. The first-order chi connectivity index (χ1) is 17.5. The van der Waals surface area contributed by atoms with Gasteiger partial charge in [0, 0.05) is 28.4 Å². The lowest BCUT2D eigenvalue weighted by molar-refractivity contribution is -0.120. The van der Waals surface area contributed by atoms with Crippen LogP contribution in [-0.2, 0) is 11.2 Å². The molecule has 0 bridgehead atoms. The zero-order chi connectivity index (χ0) is 25.2. The molecule has 1 heterocycles. The number of halogens is 1. The molecule has 4 aromatic rings. The smallest absolute Gasteiger partial charge is 0.298 e. The highest BCUT2D eigenvalue weighted by atomic mass is 19.1. The second-order valence-electron chi connectivity index (χ2n) is 8.15. The molecule has 0 aliphatic carbocycles. The molecular formula is C28H19FN2O5. The minimum atomic E-state index is -0.546. The molecule has 0 unspecified atom stereocenters. The molecule has 3 amide bonds. The summed E-state index contributed by atoms with van der Waals surface area (Å²) in [6, 6.07) is 20.4. The first-order valence-electron chi connectivity index (χ1n) is 11.2. The molecule has 5 rings (SSSR count). The third kappa shape index (κ3) is 3.98. The van der Waals surface area contributed by atoms with Crippen molar-refractivity contribution in [1.29, 1.82) is 0 Å². The number of carbonyl (C=O) groups excluding carboxylic acids is 4. The van der Waals surface area contributed by atoms with Crippen LogP contribution in [0.3, 0.4) is 0 Å². The topological polar surface area (TPSA) is 92.8 Å². The Labute approximate surface area is 205 Å². The van der Waals surface area contributed by atoms with Crippen LogP contribution in [0, 0.1) is 5.82 Å². The van der Waals surface area contributed by atoms with Crippen molar-refractivity contribution in [2.75, 3.05) is 11.4 Å². The summed E-state index contributed by atoms with van der Waals surface area (Å²) in [5, 5.41) is 3.25. The fourth-order valence-corrected chi connectivity index (χ4v) is 4.37. The molecule has 8 heteroatoms. The van der Waals surface area contributed by atoms with Crippen LogP contribution >= 0.6 is 0 Å². The molecule has 7 nitrogen and oxygen atoms in total. The summed E-state index contributed by atoms with van der Waals surface area (Å²) in [5.74, 6) is -1.85. The van der Waals surface area contributed by atoms with Gasteiger partial charge in [-0.15, -0.1) is 0 Å². The number of rotatable bonds is 7.